The van der Waals surface area contributed by atoms with Crippen LogP contribution < -0.4 is 0 Å². The van der Waals surface area contributed by atoms with E-state index in [2.05, 4.69) is 19.1 Å². The minimum Gasteiger partial charge on any atom is -0.385 e. The van der Waals surface area contributed by atoms with Crippen LogP contribution in [-0.4, -0.2) is 18.8 Å². The molecule has 1 aliphatic rings. The molecule has 2 unspecified atom stereocenters. The molecule has 16 heavy (non-hydrogen) atoms. The maximum Gasteiger partial charge on any atom is 0.0928 e. The molecule has 0 spiro atoms. The van der Waals surface area contributed by atoms with Gasteiger partial charge in [0.15, 0.2) is 0 Å². The third-order valence-electron chi connectivity index (χ3n) is 3.83. The third-order valence-corrected chi connectivity index (χ3v) is 3.83. The Morgan fingerprint density at radius 3 is 2.94 bits per heavy atom. The lowest BCUT2D eigenvalue weighted by Gasteiger charge is -2.31. The van der Waals surface area contributed by atoms with Crippen LogP contribution in [0.2, 0.25) is 0 Å². The van der Waals surface area contributed by atoms with Gasteiger partial charge in [-0.25, -0.2) is 0 Å². The Labute approximate surface area is 97.3 Å². The summed E-state index contributed by atoms with van der Waals surface area (Å²) in [4.78, 5) is 0. The Balaban J connectivity index is 2.20. The van der Waals surface area contributed by atoms with E-state index >= 15 is 0 Å². The van der Waals surface area contributed by atoms with Crippen LogP contribution in [0.4, 0.5) is 0 Å². The van der Waals surface area contributed by atoms with E-state index < -0.39 is 5.60 Å². The van der Waals surface area contributed by atoms with Crippen LogP contribution in [0.5, 0.6) is 0 Å². The second kappa shape index (κ2) is 4.56. The van der Waals surface area contributed by atoms with Crippen molar-refractivity contribution in [1.82, 2.24) is 0 Å². The molecular formula is C14H20O2. The molecule has 0 saturated carbocycles. The van der Waals surface area contributed by atoms with Crippen molar-refractivity contribution in [2.24, 2.45) is 5.92 Å². The molecule has 2 heteroatoms. The zero-order chi connectivity index (χ0) is 11.6. The van der Waals surface area contributed by atoms with Gasteiger partial charge in [-0.3, -0.25) is 0 Å². The van der Waals surface area contributed by atoms with Crippen molar-refractivity contribution in [3.05, 3.63) is 35.4 Å². The molecule has 0 aliphatic heterocycles. The van der Waals surface area contributed by atoms with Gasteiger partial charge in [0.2, 0.25) is 0 Å². The fourth-order valence-electron chi connectivity index (χ4n) is 2.67. The molecule has 0 aromatic heterocycles. The van der Waals surface area contributed by atoms with Crippen LogP contribution >= 0.6 is 0 Å². The minimum atomic E-state index is -0.644. The van der Waals surface area contributed by atoms with Gasteiger partial charge in [-0.15, -0.1) is 0 Å². The molecular weight excluding hydrogens is 200 g/mol. The number of hydrogen-bond acceptors (Lipinski definition) is 2. The first-order valence-corrected chi connectivity index (χ1v) is 5.98. The summed E-state index contributed by atoms with van der Waals surface area (Å²) in [5.41, 5.74) is 1.78. The lowest BCUT2D eigenvalue weighted by atomic mass is 9.82. The molecule has 0 saturated heterocycles. The van der Waals surface area contributed by atoms with E-state index in [1.165, 1.54) is 5.56 Å². The van der Waals surface area contributed by atoms with Gasteiger partial charge < -0.3 is 9.84 Å². The summed E-state index contributed by atoms with van der Waals surface area (Å²) in [5.74, 6) is 0.246. The fraction of sp³-hybridized carbons (Fsp3) is 0.571. The Kier molecular flexibility index (Phi) is 3.31. The average Bonchev–Trinajstić information content (AvgIpc) is 2.66. The Morgan fingerprint density at radius 1 is 1.44 bits per heavy atom. The number of rotatable bonds is 4. The van der Waals surface area contributed by atoms with E-state index in [4.69, 9.17) is 4.74 Å². The van der Waals surface area contributed by atoms with Crippen molar-refractivity contribution < 1.29 is 9.84 Å². The van der Waals surface area contributed by atoms with Crippen LogP contribution in [0, 0.1) is 5.92 Å². The Hall–Kier alpha value is -0.860. The second-order valence-electron chi connectivity index (χ2n) is 4.76. The predicted molar refractivity (Wildman–Crippen MR) is 64.3 cm³/mol. The van der Waals surface area contributed by atoms with Crippen LogP contribution in [-0.2, 0) is 16.8 Å². The summed E-state index contributed by atoms with van der Waals surface area (Å²) in [6.07, 6.45) is 2.74. The largest absolute Gasteiger partial charge is 0.385 e. The number of fused-ring (bicyclic) bond motifs is 1. The van der Waals surface area contributed by atoms with E-state index in [0.717, 1.165) is 24.8 Å². The Bertz CT molecular complexity index is 362. The number of hydrogen-bond donors (Lipinski definition) is 1. The molecule has 1 aromatic rings. The van der Waals surface area contributed by atoms with Crippen LogP contribution in [0.1, 0.15) is 30.9 Å². The molecule has 0 radical (unpaired) electrons. The van der Waals surface area contributed by atoms with Gasteiger partial charge in [0, 0.05) is 13.7 Å². The SMILES string of the molecule is COCCC(C)C1(O)CCc2ccccc21. The van der Waals surface area contributed by atoms with E-state index in [1.54, 1.807) is 7.11 Å². The molecule has 2 atom stereocenters. The first kappa shape index (κ1) is 11.6. The van der Waals surface area contributed by atoms with E-state index in [0.29, 0.717) is 6.61 Å². The highest BCUT2D eigenvalue weighted by atomic mass is 16.5. The number of benzene rings is 1. The normalized spacial score (nSPS) is 25.4. The number of methoxy groups -OCH3 is 1. The Morgan fingerprint density at radius 2 is 2.19 bits per heavy atom. The lowest BCUT2D eigenvalue weighted by molar-refractivity contribution is -0.0261. The average molecular weight is 220 g/mol. The quantitative estimate of drug-likeness (QED) is 0.844. The fourth-order valence-corrected chi connectivity index (χ4v) is 2.67. The predicted octanol–water partition coefficient (Wildman–Crippen LogP) is 2.49. The molecule has 2 nitrogen and oxygen atoms in total. The molecule has 1 N–H and O–H groups in total. The zero-order valence-electron chi connectivity index (χ0n) is 10.1. The molecule has 2 rings (SSSR count). The summed E-state index contributed by atoms with van der Waals surface area (Å²) < 4.78 is 5.09. The maximum atomic E-state index is 10.8. The number of aliphatic hydroxyl groups is 1. The molecule has 0 fully saturated rings. The lowest BCUT2D eigenvalue weighted by Crippen LogP contribution is -2.31. The van der Waals surface area contributed by atoms with Crippen molar-refractivity contribution in [1.29, 1.82) is 0 Å². The summed E-state index contributed by atoms with van der Waals surface area (Å²) in [6, 6.07) is 8.24. The molecule has 1 aromatic carbocycles. The molecule has 1 aliphatic carbocycles. The standard InChI is InChI=1S/C14H20O2/c1-11(8-10-16-2)14(15)9-7-12-5-3-4-6-13(12)14/h3-6,11,15H,7-10H2,1-2H3. The first-order chi connectivity index (χ1) is 7.68. The van der Waals surface area contributed by atoms with Crippen LogP contribution in [0.25, 0.3) is 0 Å². The van der Waals surface area contributed by atoms with Gasteiger partial charge in [-0.2, -0.15) is 0 Å². The number of ether oxygens (including phenoxy) is 1. The highest BCUT2D eigenvalue weighted by Crippen LogP contribution is 2.43. The summed E-state index contributed by atoms with van der Waals surface area (Å²) >= 11 is 0. The maximum absolute atomic E-state index is 10.8. The van der Waals surface area contributed by atoms with Gasteiger partial charge in [0.1, 0.15) is 0 Å². The van der Waals surface area contributed by atoms with Crippen LogP contribution in [0.3, 0.4) is 0 Å². The minimum absolute atomic E-state index is 0.246. The second-order valence-corrected chi connectivity index (χ2v) is 4.76. The molecule has 0 bridgehead atoms. The zero-order valence-corrected chi connectivity index (χ0v) is 10.1. The number of aryl methyl sites for hydroxylation is 1. The van der Waals surface area contributed by atoms with Gasteiger partial charge in [-0.1, -0.05) is 31.2 Å². The van der Waals surface area contributed by atoms with Crippen molar-refractivity contribution in [2.45, 2.75) is 31.8 Å². The van der Waals surface area contributed by atoms with Crippen molar-refractivity contribution in [3.8, 4) is 0 Å². The summed E-state index contributed by atoms with van der Waals surface area (Å²) in [5, 5.41) is 10.8. The molecule has 0 heterocycles. The summed E-state index contributed by atoms with van der Waals surface area (Å²) in [7, 11) is 1.71. The highest BCUT2D eigenvalue weighted by molar-refractivity contribution is 5.37. The van der Waals surface area contributed by atoms with Gasteiger partial charge in [0.25, 0.3) is 0 Å². The first-order valence-electron chi connectivity index (χ1n) is 5.98. The van der Waals surface area contributed by atoms with E-state index in [9.17, 15) is 5.11 Å². The smallest absolute Gasteiger partial charge is 0.0928 e. The van der Waals surface area contributed by atoms with E-state index in [1.807, 2.05) is 12.1 Å². The monoisotopic (exact) mass is 220 g/mol. The van der Waals surface area contributed by atoms with Crippen molar-refractivity contribution >= 4 is 0 Å². The van der Waals surface area contributed by atoms with E-state index in [-0.39, 0.29) is 5.92 Å². The highest BCUT2D eigenvalue weighted by Gasteiger charge is 2.40. The van der Waals surface area contributed by atoms with Gasteiger partial charge >= 0.3 is 0 Å². The van der Waals surface area contributed by atoms with Crippen molar-refractivity contribution in [2.75, 3.05) is 13.7 Å². The molecule has 0 amide bonds. The summed E-state index contributed by atoms with van der Waals surface area (Å²) in [6.45, 7) is 2.83. The van der Waals surface area contributed by atoms with Gasteiger partial charge in [0.05, 0.1) is 5.60 Å². The third kappa shape index (κ3) is 1.87. The van der Waals surface area contributed by atoms with Gasteiger partial charge in [-0.05, 0) is 36.3 Å². The topological polar surface area (TPSA) is 29.5 Å². The molecule has 88 valence electrons. The van der Waals surface area contributed by atoms with Crippen molar-refractivity contribution in [3.63, 3.8) is 0 Å². The van der Waals surface area contributed by atoms with Crippen LogP contribution in [0.15, 0.2) is 24.3 Å².